The molecule has 5 heteroatoms. The van der Waals surface area contributed by atoms with Crippen molar-refractivity contribution in [1.29, 1.82) is 0 Å². The van der Waals surface area contributed by atoms with Crippen molar-refractivity contribution >= 4 is 17.6 Å². The normalized spacial score (nSPS) is 14.8. The average molecular weight is 276 g/mol. The number of para-hydroxylation sites is 1. The van der Waals surface area contributed by atoms with Gasteiger partial charge in [0.25, 0.3) is 0 Å². The Kier molecular flexibility index (Phi) is 4.27. The van der Waals surface area contributed by atoms with Gasteiger partial charge in [-0.1, -0.05) is 25.1 Å². The maximum atomic E-state index is 12.2. The van der Waals surface area contributed by atoms with Crippen molar-refractivity contribution in [3.05, 3.63) is 29.8 Å². The summed E-state index contributed by atoms with van der Waals surface area (Å²) in [4.78, 5) is 26.5. The van der Waals surface area contributed by atoms with Gasteiger partial charge in [0, 0.05) is 25.8 Å². The first kappa shape index (κ1) is 14.4. The Morgan fingerprint density at radius 3 is 2.80 bits per heavy atom. The quantitative estimate of drug-likeness (QED) is 0.878. The van der Waals surface area contributed by atoms with Crippen LogP contribution in [0.2, 0.25) is 0 Å². The smallest absolute Gasteiger partial charge is 0.308 e. The van der Waals surface area contributed by atoms with Gasteiger partial charge in [0.2, 0.25) is 5.91 Å². The van der Waals surface area contributed by atoms with Crippen molar-refractivity contribution in [3.8, 4) is 0 Å². The zero-order chi connectivity index (χ0) is 14.7. The monoisotopic (exact) mass is 276 g/mol. The van der Waals surface area contributed by atoms with E-state index in [0.29, 0.717) is 6.54 Å². The summed E-state index contributed by atoms with van der Waals surface area (Å²) >= 11 is 0. The van der Waals surface area contributed by atoms with Crippen LogP contribution >= 0.6 is 0 Å². The van der Waals surface area contributed by atoms with Gasteiger partial charge < -0.3 is 14.9 Å². The number of amides is 1. The summed E-state index contributed by atoms with van der Waals surface area (Å²) in [5.41, 5.74) is 2.38. The van der Waals surface area contributed by atoms with E-state index in [1.165, 1.54) is 10.5 Å². The van der Waals surface area contributed by atoms with Gasteiger partial charge >= 0.3 is 5.97 Å². The van der Waals surface area contributed by atoms with E-state index in [1.54, 1.807) is 14.0 Å². The predicted molar refractivity (Wildman–Crippen MR) is 76.8 cm³/mol. The average Bonchev–Trinajstić information content (AvgIpc) is 2.82. The molecule has 0 radical (unpaired) electrons. The van der Waals surface area contributed by atoms with E-state index >= 15 is 0 Å². The van der Waals surface area contributed by atoms with Crippen LogP contribution in [-0.4, -0.2) is 48.6 Å². The molecule has 1 aliphatic heterocycles. The molecule has 108 valence electrons. The number of carbonyl (C=O) groups excluding carboxylic acids is 1. The number of hydrogen-bond acceptors (Lipinski definition) is 3. The molecule has 1 atom stereocenters. The Bertz CT molecular complexity index is 516. The first-order chi connectivity index (χ1) is 9.49. The van der Waals surface area contributed by atoms with Crippen LogP contribution in [0.25, 0.3) is 0 Å². The number of rotatable bonds is 5. The molecule has 1 aromatic carbocycles. The minimum atomic E-state index is -0.879. The fourth-order valence-corrected chi connectivity index (χ4v) is 2.45. The number of fused-ring (bicyclic) bond motifs is 1. The van der Waals surface area contributed by atoms with Crippen molar-refractivity contribution in [2.24, 2.45) is 5.92 Å². The summed E-state index contributed by atoms with van der Waals surface area (Å²) in [5.74, 6) is -1.47. The molecule has 5 nitrogen and oxygen atoms in total. The number of carbonyl (C=O) groups is 2. The molecule has 1 aromatic rings. The SMILES string of the molecule is CC(CN(C)C(=O)CN1CCc2ccccc21)C(=O)O. The number of nitrogens with zero attached hydrogens (tertiary/aromatic N) is 2. The largest absolute Gasteiger partial charge is 0.481 e. The number of carboxylic acids is 1. The number of hydrogen-bond donors (Lipinski definition) is 1. The highest BCUT2D eigenvalue weighted by molar-refractivity contribution is 5.82. The molecule has 1 aliphatic rings. The second-order valence-corrected chi connectivity index (χ2v) is 5.31. The predicted octanol–water partition coefficient (Wildman–Crippen LogP) is 1.23. The third-order valence-electron chi connectivity index (χ3n) is 3.70. The summed E-state index contributed by atoms with van der Waals surface area (Å²) in [6.45, 7) is 2.99. The fraction of sp³-hybridized carbons (Fsp3) is 0.467. The van der Waals surface area contributed by atoms with Crippen LogP contribution < -0.4 is 4.90 Å². The van der Waals surface area contributed by atoms with E-state index in [2.05, 4.69) is 11.0 Å². The molecule has 0 bridgehead atoms. The van der Waals surface area contributed by atoms with Gasteiger partial charge in [-0.25, -0.2) is 0 Å². The Morgan fingerprint density at radius 2 is 2.10 bits per heavy atom. The molecule has 0 aromatic heterocycles. The van der Waals surface area contributed by atoms with Gasteiger partial charge in [-0.15, -0.1) is 0 Å². The molecule has 0 saturated heterocycles. The van der Waals surface area contributed by atoms with Crippen LogP contribution in [0.3, 0.4) is 0 Å². The number of likely N-dealkylation sites (N-methyl/N-ethyl adjacent to an activating group) is 1. The van der Waals surface area contributed by atoms with Crippen molar-refractivity contribution in [3.63, 3.8) is 0 Å². The summed E-state index contributed by atoms with van der Waals surface area (Å²) in [5, 5.41) is 8.88. The van der Waals surface area contributed by atoms with Crippen LogP contribution in [0.5, 0.6) is 0 Å². The molecule has 1 heterocycles. The zero-order valence-corrected chi connectivity index (χ0v) is 11.9. The van der Waals surface area contributed by atoms with E-state index in [9.17, 15) is 9.59 Å². The lowest BCUT2D eigenvalue weighted by atomic mass is 10.1. The van der Waals surface area contributed by atoms with E-state index in [0.717, 1.165) is 18.7 Å². The Morgan fingerprint density at radius 1 is 1.40 bits per heavy atom. The van der Waals surface area contributed by atoms with E-state index in [1.807, 2.05) is 18.2 Å². The number of carboxylic acid groups (broad SMARTS) is 1. The molecule has 1 amide bonds. The second kappa shape index (κ2) is 5.94. The van der Waals surface area contributed by atoms with Crippen molar-refractivity contribution in [2.75, 3.05) is 31.6 Å². The topological polar surface area (TPSA) is 60.9 Å². The van der Waals surface area contributed by atoms with Crippen LogP contribution in [-0.2, 0) is 16.0 Å². The third kappa shape index (κ3) is 3.10. The van der Waals surface area contributed by atoms with Crippen LogP contribution in [0.4, 0.5) is 5.69 Å². The fourth-order valence-electron chi connectivity index (χ4n) is 2.45. The number of aliphatic carboxylic acids is 1. The second-order valence-electron chi connectivity index (χ2n) is 5.31. The number of benzene rings is 1. The molecule has 20 heavy (non-hydrogen) atoms. The Hall–Kier alpha value is -2.04. The summed E-state index contributed by atoms with van der Waals surface area (Å²) in [6.07, 6.45) is 0.957. The third-order valence-corrected chi connectivity index (χ3v) is 3.70. The van der Waals surface area contributed by atoms with Gasteiger partial charge in [-0.05, 0) is 18.1 Å². The van der Waals surface area contributed by atoms with Gasteiger partial charge in [-0.2, -0.15) is 0 Å². The Balaban J connectivity index is 1.94. The molecule has 1 N–H and O–H groups in total. The first-order valence-corrected chi connectivity index (χ1v) is 6.78. The summed E-state index contributed by atoms with van der Waals surface area (Å²) < 4.78 is 0. The summed E-state index contributed by atoms with van der Waals surface area (Å²) in [7, 11) is 1.66. The number of anilines is 1. The molecule has 0 saturated carbocycles. The highest BCUT2D eigenvalue weighted by Gasteiger charge is 2.23. The van der Waals surface area contributed by atoms with Gasteiger partial charge in [0.1, 0.15) is 0 Å². The molecular weight excluding hydrogens is 256 g/mol. The standard InChI is InChI=1S/C15H20N2O3/c1-11(15(19)20)9-16(2)14(18)10-17-8-7-12-5-3-4-6-13(12)17/h3-6,11H,7-10H2,1-2H3,(H,19,20). The van der Waals surface area contributed by atoms with Gasteiger partial charge in [-0.3, -0.25) is 9.59 Å². The lowest BCUT2D eigenvalue weighted by Gasteiger charge is -2.24. The molecule has 2 rings (SSSR count). The van der Waals surface area contributed by atoms with E-state index in [-0.39, 0.29) is 12.5 Å². The maximum absolute atomic E-state index is 12.2. The van der Waals surface area contributed by atoms with Gasteiger partial charge in [0.15, 0.2) is 0 Å². The minimum Gasteiger partial charge on any atom is -0.481 e. The van der Waals surface area contributed by atoms with Crippen molar-refractivity contribution in [2.45, 2.75) is 13.3 Å². The Labute approximate surface area is 118 Å². The van der Waals surface area contributed by atoms with Crippen LogP contribution in [0, 0.1) is 5.92 Å². The van der Waals surface area contributed by atoms with Crippen molar-refractivity contribution < 1.29 is 14.7 Å². The lowest BCUT2D eigenvalue weighted by Crippen LogP contribution is -2.40. The molecule has 0 fully saturated rings. The molecule has 0 spiro atoms. The highest BCUT2D eigenvalue weighted by atomic mass is 16.4. The van der Waals surface area contributed by atoms with Gasteiger partial charge in [0.05, 0.1) is 12.5 Å². The summed E-state index contributed by atoms with van der Waals surface area (Å²) in [6, 6.07) is 8.08. The maximum Gasteiger partial charge on any atom is 0.308 e. The van der Waals surface area contributed by atoms with Crippen molar-refractivity contribution in [1.82, 2.24) is 4.90 Å². The molecule has 0 aliphatic carbocycles. The zero-order valence-electron chi connectivity index (χ0n) is 11.9. The highest BCUT2D eigenvalue weighted by Crippen LogP contribution is 2.26. The minimum absolute atomic E-state index is 0.0465. The van der Waals surface area contributed by atoms with E-state index < -0.39 is 11.9 Å². The van der Waals surface area contributed by atoms with Crippen LogP contribution in [0.15, 0.2) is 24.3 Å². The lowest BCUT2D eigenvalue weighted by molar-refractivity contribution is -0.142. The molecule has 1 unspecified atom stereocenters. The van der Waals surface area contributed by atoms with E-state index in [4.69, 9.17) is 5.11 Å². The van der Waals surface area contributed by atoms with Crippen LogP contribution in [0.1, 0.15) is 12.5 Å². The molecular formula is C15H20N2O3. The first-order valence-electron chi connectivity index (χ1n) is 6.78.